The van der Waals surface area contributed by atoms with Crippen LogP contribution in [-0.2, 0) is 4.79 Å². The third-order valence-electron chi connectivity index (χ3n) is 5.15. The normalized spacial score (nSPS) is 17.9. The van der Waals surface area contributed by atoms with E-state index in [9.17, 15) is 9.59 Å². The Kier molecular flexibility index (Phi) is 4.11. The molecule has 0 unspecified atom stereocenters. The summed E-state index contributed by atoms with van der Waals surface area (Å²) in [7, 11) is 3.17. The predicted octanol–water partition coefficient (Wildman–Crippen LogP) is 3.77. The molecule has 0 radical (unpaired) electrons. The van der Waals surface area contributed by atoms with Crippen molar-refractivity contribution in [1.82, 2.24) is 0 Å². The minimum Gasteiger partial charge on any atom is -0.497 e. The number of rotatable bonds is 4. The molecule has 0 saturated carbocycles. The number of ether oxygens (including phenoxy) is 2. The minimum atomic E-state index is -0.911. The van der Waals surface area contributed by atoms with Crippen molar-refractivity contribution < 1.29 is 19.1 Å². The Morgan fingerprint density at radius 2 is 1.26 bits per heavy atom. The van der Waals surface area contributed by atoms with Crippen molar-refractivity contribution in [2.75, 3.05) is 24.0 Å². The summed E-state index contributed by atoms with van der Waals surface area (Å²) < 4.78 is 10.4. The average Bonchev–Trinajstić information content (AvgIpc) is 3.27. The standard InChI is InChI=1S/C21H20N2O4/c1-26-17-9-5-15(6-10-17)22-19(24)21(13-3-4-14-21)23(20(22)25)16-7-11-18(27-2)12-8-16/h3-12H,13-14H2,1-2H3. The highest BCUT2D eigenvalue weighted by atomic mass is 16.5. The van der Waals surface area contributed by atoms with E-state index in [0.717, 1.165) is 0 Å². The monoisotopic (exact) mass is 364 g/mol. The molecule has 4 rings (SSSR count). The molecule has 0 aromatic heterocycles. The van der Waals surface area contributed by atoms with Gasteiger partial charge in [0.25, 0.3) is 5.91 Å². The fourth-order valence-electron chi connectivity index (χ4n) is 3.72. The molecule has 2 aliphatic rings. The molecular weight excluding hydrogens is 344 g/mol. The van der Waals surface area contributed by atoms with E-state index in [1.54, 1.807) is 55.5 Å². The lowest BCUT2D eigenvalue weighted by atomic mass is 9.94. The number of benzene rings is 2. The molecule has 1 aliphatic heterocycles. The van der Waals surface area contributed by atoms with Gasteiger partial charge in [0.05, 0.1) is 19.9 Å². The SMILES string of the molecule is COc1ccc(N2C(=O)N(c3ccc(OC)cc3)C3(CC=CC3)C2=O)cc1. The minimum absolute atomic E-state index is 0.210. The smallest absolute Gasteiger partial charge is 0.336 e. The second-order valence-corrected chi connectivity index (χ2v) is 6.57. The van der Waals surface area contributed by atoms with Crippen LogP contribution in [0.15, 0.2) is 60.7 Å². The van der Waals surface area contributed by atoms with Gasteiger partial charge in [-0.2, -0.15) is 0 Å². The molecule has 6 heteroatoms. The first-order valence-corrected chi connectivity index (χ1v) is 8.72. The fraction of sp³-hybridized carbons (Fsp3) is 0.238. The summed E-state index contributed by atoms with van der Waals surface area (Å²) in [6.45, 7) is 0. The summed E-state index contributed by atoms with van der Waals surface area (Å²) in [4.78, 5) is 29.6. The van der Waals surface area contributed by atoms with Crippen molar-refractivity contribution in [3.05, 3.63) is 60.7 Å². The number of anilines is 2. The highest BCUT2D eigenvalue weighted by molar-refractivity contribution is 6.30. The Balaban J connectivity index is 1.77. The fourth-order valence-corrected chi connectivity index (χ4v) is 3.72. The molecule has 6 nitrogen and oxygen atoms in total. The average molecular weight is 364 g/mol. The lowest BCUT2D eigenvalue weighted by Crippen LogP contribution is -2.48. The first-order valence-electron chi connectivity index (χ1n) is 8.72. The van der Waals surface area contributed by atoms with Crippen molar-refractivity contribution in [2.24, 2.45) is 0 Å². The summed E-state index contributed by atoms with van der Waals surface area (Å²) >= 11 is 0. The van der Waals surface area contributed by atoms with Crippen molar-refractivity contribution in [3.63, 3.8) is 0 Å². The van der Waals surface area contributed by atoms with E-state index in [-0.39, 0.29) is 11.9 Å². The summed E-state index contributed by atoms with van der Waals surface area (Å²) in [6, 6.07) is 13.8. The highest BCUT2D eigenvalue weighted by Crippen LogP contribution is 2.43. The van der Waals surface area contributed by atoms with E-state index < -0.39 is 5.54 Å². The number of hydrogen-bond donors (Lipinski definition) is 0. The Labute approximate surface area is 157 Å². The van der Waals surface area contributed by atoms with Gasteiger partial charge in [-0.05, 0) is 61.4 Å². The van der Waals surface area contributed by atoms with E-state index >= 15 is 0 Å². The number of methoxy groups -OCH3 is 2. The maximum Gasteiger partial charge on any atom is 0.336 e. The van der Waals surface area contributed by atoms with E-state index in [1.165, 1.54) is 4.90 Å². The molecule has 138 valence electrons. The van der Waals surface area contributed by atoms with Crippen LogP contribution in [0.2, 0.25) is 0 Å². The summed E-state index contributed by atoms with van der Waals surface area (Å²) in [5, 5.41) is 0. The first kappa shape index (κ1) is 17.1. The molecule has 1 heterocycles. The van der Waals surface area contributed by atoms with Crippen LogP contribution in [0.5, 0.6) is 11.5 Å². The van der Waals surface area contributed by atoms with Gasteiger partial charge >= 0.3 is 6.03 Å². The predicted molar refractivity (Wildman–Crippen MR) is 102 cm³/mol. The summed E-state index contributed by atoms with van der Waals surface area (Å²) in [5.74, 6) is 1.16. The number of nitrogens with zero attached hydrogens (tertiary/aromatic N) is 2. The third-order valence-corrected chi connectivity index (χ3v) is 5.15. The Hall–Kier alpha value is -3.28. The molecule has 1 fully saturated rings. The molecule has 3 amide bonds. The van der Waals surface area contributed by atoms with Gasteiger partial charge < -0.3 is 9.47 Å². The van der Waals surface area contributed by atoms with Crippen LogP contribution in [0.3, 0.4) is 0 Å². The first-order chi connectivity index (χ1) is 13.1. The van der Waals surface area contributed by atoms with E-state index in [0.29, 0.717) is 35.7 Å². The van der Waals surface area contributed by atoms with Crippen LogP contribution in [0.25, 0.3) is 0 Å². The lowest BCUT2D eigenvalue weighted by molar-refractivity contribution is -0.121. The van der Waals surface area contributed by atoms with Gasteiger partial charge in [-0.1, -0.05) is 12.2 Å². The van der Waals surface area contributed by atoms with Crippen LogP contribution >= 0.6 is 0 Å². The number of amides is 3. The second-order valence-electron chi connectivity index (χ2n) is 6.57. The molecule has 0 bridgehead atoms. The van der Waals surface area contributed by atoms with E-state index in [1.807, 2.05) is 24.3 Å². The third kappa shape index (κ3) is 2.56. The van der Waals surface area contributed by atoms with Gasteiger partial charge in [0.1, 0.15) is 17.0 Å². The second kappa shape index (κ2) is 6.46. The van der Waals surface area contributed by atoms with Crippen molar-refractivity contribution >= 4 is 23.3 Å². The maximum atomic E-state index is 13.4. The molecule has 2 aromatic carbocycles. The van der Waals surface area contributed by atoms with Gasteiger partial charge in [-0.25, -0.2) is 9.69 Å². The molecule has 0 N–H and O–H groups in total. The van der Waals surface area contributed by atoms with E-state index in [4.69, 9.17) is 9.47 Å². The van der Waals surface area contributed by atoms with Gasteiger partial charge in [0, 0.05) is 5.69 Å². The van der Waals surface area contributed by atoms with Crippen LogP contribution < -0.4 is 19.3 Å². The molecule has 0 atom stereocenters. The number of carbonyl (C=O) groups excluding carboxylic acids is 2. The maximum absolute atomic E-state index is 13.4. The van der Waals surface area contributed by atoms with Crippen LogP contribution in [0.1, 0.15) is 12.8 Å². The Morgan fingerprint density at radius 3 is 1.74 bits per heavy atom. The molecule has 1 aliphatic carbocycles. The zero-order valence-electron chi connectivity index (χ0n) is 15.2. The van der Waals surface area contributed by atoms with Gasteiger partial charge in [0.15, 0.2) is 0 Å². The zero-order valence-corrected chi connectivity index (χ0v) is 15.2. The van der Waals surface area contributed by atoms with Gasteiger partial charge in [0.2, 0.25) is 0 Å². The molecule has 1 spiro atoms. The number of carbonyl (C=O) groups is 2. The Bertz CT molecular complexity index is 895. The molecule has 27 heavy (non-hydrogen) atoms. The van der Waals surface area contributed by atoms with Crippen molar-refractivity contribution in [3.8, 4) is 11.5 Å². The summed E-state index contributed by atoms with van der Waals surface area (Å²) in [5.41, 5.74) is 0.299. The van der Waals surface area contributed by atoms with Gasteiger partial charge in [-0.15, -0.1) is 0 Å². The Morgan fingerprint density at radius 1 is 0.778 bits per heavy atom. The molecule has 2 aromatic rings. The lowest BCUT2D eigenvalue weighted by Gasteiger charge is -2.31. The number of imide groups is 1. The van der Waals surface area contributed by atoms with Gasteiger partial charge in [-0.3, -0.25) is 9.69 Å². The van der Waals surface area contributed by atoms with Crippen LogP contribution in [0, 0.1) is 0 Å². The highest BCUT2D eigenvalue weighted by Gasteiger charge is 2.58. The largest absolute Gasteiger partial charge is 0.497 e. The van der Waals surface area contributed by atoms with Crippen LogP contribution in [-0.4, -0.2) is 31.7 Å². The van der Waals surface area contributed by atoms with Crippen molar-refractivity contribution in [1.29, 1.82) is 0 Å². The van der Waals surface area contributed by atoms with Crippen molar-refractivity contribution in [2.45, 2.75) is 18.4 Å². The number of hydrogen-bond acceptors (Lipinski definition) is 4. The zero-order chi connectivity index (χ0) is 19.0. The topological polar surface area (TPSA) is 59.1 Å². The molecular formula is C21H20N2O4. The quantitative estimate of drug-likeness (QED) is 0.612. The number of urea groups is 1. The van der Waals surface area contributed by atoms with Crippen LogP contribution in [0.4, 0.5) is 16.2 Å². The molecule has 1 saturated heterocycles. The summed E-state index contributed by atoms with van der Waals surface area (Å²) in [6.07, 6.45) is 4.91. The van der Waals surface area contributed by atoms with E-state index in [2.05, 4.69) is 0 Å².